The molecule has 2 rings (SSSR count). The lowest BCUT2D eigenvalue weighted by Gasteiger charge is -2.12. The molecule has 1 aromatic carbocycles. The van der Waals surface area contributed by atoms with Gasteiger partial charge in [0.15, 0.2) is 5.82 Å². The normalized spacial score (nSPS) is 20.2. The maximum atomic E-state index is 13.6. The van der Waals surface area contributed by atoms with E-state index in [0.29, 0.717) is 0 Å². The molecule has 100 valence electrons. The molecule has 0 unspecified atom stereocenters. The topological polar surface area (TPSA) is 58.2 Å². The van der Waals surface area contributed by atoms with Crippen LogP contribution in [0.2, 0.25) is 5.02 Å². The van der Waals surface area contributed by atoms with Crippen molar-refractivity contribution in [3.63, 3.8) is 0 Å². The zero-order chi connectivity index (χ0) is 13.2. The summed E-state index contributed by atoms with van der Waals surface area (Å²) >= 11 is 5.57. The Morgan fingerprint density at radius 1 is 1.50 bits per heavy atom. The Hall–Kier alpha value is -0.690. The summed E-state index contributed by atoms with van der Waals surface area (Å²) in [6.07, 6.45) is 1.94. The molecular formula is C11H14ClFN2O2S. The zero-order valence-electron chi connectivity index (χ0n) is 9.62. The van der Waals surface area contributed by atoms with Gasteiger partial charge in [0.05, 0.1) is 5.02 Å². The van der Waals surface area contributed by atoms with E-state index in [4.69, 9.17) is 11.6 Å². The molecule has 1 heterocycles. The van der Waals surface area contributed by atoms with Gasteiger partial charge in [-0.15, -0.1) is 0 Å². The van der Waals surface area contributed by atoms with Crippen molar-refractivity contribution in [3.05, 3.63) is 29.0 Å². The second-order valence-corrected chi connectivity index (χ2v) is 6.34. The molecule has 0 bridgehead atoms. The van der Waals surface area contributed by atoms with Crippen LogP contribution in [-0.2, 0) is 10.0 Å². The van der Waals surface area contributed by atoms with Crippen LogP contribution in [0.1, 0.15) is 12.8 Å². The van der Waals surface area contributed by atoms with E-state index in [0.717, 1.165) is 19.4 Å². The van der Waals surface area contributed by atoms with E-state index in [-0.39, 0.29) is 17.6 Å². The molecule has 0 aromatic heterocycles. The Kier molecular flexibility index (Phi) is 4.21. The summed E-state index contributed by atoms with van der Waals surface area (Å²) in [5.74, 6) is -0.911. The Labute approximate surface area is 111 Å². The molecule has 1 fully saturated rings. The Balaban J connectivity index is 2.12. The van der Waals surface area contributed by atoms with Crippen LogP contribution in [0.15, 0.2) is 23.1 Å². The van der Waals surface area contributed by atoms with E-state index < -0.39 is 20.7 Å². The number of rotatable bonds is 4. The number of hydrogen-bond donors (Lipinski definition) is 2. The van der Waals surface area contributed by atoms with E-state index in [1.807, 2.05) is 0 Å². The van der Waals surface area contributed by atoms with Crippen molar-refractivity contribution in [2.45, 2.75) is 23.8 Å². The highest BCUT2D eigenvalue weighted by molar-refractivity contribution is 7.89. The lowest BCUT2D eigenvalue weighted by Crippen LogP contribution is -2.37. The predicted molar refractivity (Wildman–Crippen MR) is 67.6 cm³/mol. The molecule has 18 heavy (non-hydrogen) atoms. The highest BCUT2D eigenvalue weighted by Crippen LogP contribution is 2.21. The molecular weight excluding hydrogens is 279 g/mol. The molecule has 0 spiro atoms. The minimum atomic E-state index is -3.85. The molecule has 4 nitrogen and oxygen atoms in total. The Morgan fingerprint density at radius 3 is 2.94 bits per heavy atom. The van der Waals surface area contributed by atoms with Gasteiger partial charge in [0, 0.05) is 12.6 Å². The third-order valence-corrected chi connectivity index (χ3v) is 4.62. The smallest absolute Gasteiger partial charge is 0.243 e. The fourth-order valence-electron chi connectivity index (χ4n) is 1.91. The van der Waals surface area contributed by atoms with Gasteiger partial charge in [0.1, 0.15) is 4.90 Å². The minimum Gasteiger partial charge on any atom is -0.313 e. The van der Waals surface area contributed by atoms with Crippen LogP contribution < -0.4 is 10.0 Å². The van der Waals surface area contributed by atoms with Crippen LogP contribution >= 0.6 is 11.6 Å². The average Bonchev–Trinajstić information content (AvgIpc) is 2.83. The highest BCUT2D eigenvalue weighted by Gasteiger charge is 2.22. The van der Waals surface area contributed by atoms with Crippen molar-refractivity contribution in [1.29, 1.82) is 0 Å². The predicted octanol–water partition coefficient (Wildman–Crippen LogP) is 1.51. The second kappa shape index (κ2) is 5.52. The van der Waals surface area contributed by atoms with Crippen LogP contribution in [0.5, 0.6) is 0 Å². The van der Waals surface area contributed by atoms with Crippen molar-refractivity contribution >= 4 is 21.6 Å². The van der Waals surface area contributed by atoms with Crippen LogP contribution in [-0.4, -0.2) is 27.5 Å². The zero-order valence-corrected chi connectivity index (χ0v) is 11.2. The summed E-state index contributed by atoms with van der Waals surface area (Å²) in [5, 5.41) is 2.96. The lowest BCUT2D eigenvalue weighted by atomic mass is 10.2. The first-order valence-corrected chi connectivity index (χ1v) is 7.54. The number of nitrogens with one attached hydrogen (secondary N) is 2. The lowest BCUT2D eigenvalue weighted by molar-refractivity contribution is 0.539. The Morgan fingerprint density at radius 2 is 2.28 bits per heavy atom. The number of halogens is 2. The minimum absolute atomic E-state index is 0.113. The molecule has 7 heteroatoms. The van der Waals surface area contributed by atoms with Crippen molar-refractivity contribution < 1.29 is 12.8 Å². The molecule has 1 aliphatic rings. The fourth-order valence-corrected chi connectivity index (χ4v) is 3.32. The quantitative estimate of drug-likeness (QED) is 0.884. The molecule has 0 aliphatic carbocycles. The van der Waals surface area contributed by atoms with E-state index >= 15 is 0 Å². The van der Waals surface area contributed by atoms with Crippen molar-refractivity contribution in [3.8, 4) is 0 Å². The molecule has 0 saturated carbocycles. The maximum Gasteiger partial charge on any atom is 0.243 e. The third kappa shape index (κ3) is 3.00. The summed E-state index contributed by atoms with van der Waals surface area (Å²) in [7, 11) is -3.85. The number of hydrogen-bond acceptors (Lipinski definition) is 3. The van der Waals surface area contributed by atoms with Gasteiger partial charge in [-0.25, -0.2) is 17.5 Å². The van der Waals surface area contributed by atoms with Gasteiger partial charge in [-0.3, -0.25) is 0 Å². The second-order valence-electron chi connectivity index (χ2n) is 4.20. The van der Waals surface area contributed by atoms with Crippen LogP contribution in [0.4, 0.5) is 4.39 Å². The van der Waals surface area contributed by atoms with Gasteiger partial charge in [0.2, 0.25) is 10.0 Å². The monoisotopic (exact) mass is 292 g/mol. The number of sulfonamides is 1. The summed E-state index contributed by atoms with van der Waals surface area (Å²) in [4.78, 5) is -0.409. The first-order valence-electron chi connectivity index (χ1n) is 5.68. The van der Waals surface area contributed by atoms with E-state index in [1.165, 1.54) is 18.2 Å². The molecule has 0 radical (unpaired) electrons. The largest absolute Gasteiger partial charge is 0.313 e. The molecule has 1 aliphatic heterocycles. The van der Waals surface area contributed by atoms with Gasteiger partial charge in [-0.1, -0.05) is 17.7 Å². The van der Waals surface area contributed by atoms with E-state index in [9.17, 15) is 12.8 Å². The highest BCUT2D eigenvalue weighted by atomic mass is 35.5. The summed E-state index contributed by atoms with van der Waals surface area (Å²) in [5.41, 5.74) is 0. The fraction of sp³-hybridized carbons (Fsp3) is 0.455. The van der Waals surface area contributed by atoms with Crippen LogP contribution in [0.3, 0.4) is 0 Å². The van der Waals surface area contributed by atoms with Gasteiger partial charge in [-0.2, -0.15) is 0 Å². The molecule has 1 atom stereocenters. The summed E-state index contributed by atoms with van der Waals surface area (Å²) in [6, 6.07) is 4.04. The molecule has 1 aromatic rings. The number of benzene rings is 1. The molecule has 0 amide bonds. The van der Waals surface area contributed by atoms with Crippen molar-refractivity contribution in [2.24, 2.45) is 0 Å². The molecule has 1 saturated heterocycles. The van der Waals surface area contributed by atoms with Gasteiger partial charge in [0.25, 0.3) is 0 Å². The first kappa shape index (κ1) is 13.7. The first-order chi connectivity index (χ1) is 8.50. The molecule has 2 N–H and O–H groups in total. The van der Waals surface area contributed by atoms with Crippen molar-refractivity contribution in [2.75, 3.05) is 13.1 Å². The standard InChI is InChI=1S/C11H14ClFN2O2S/c12-9-4-1-5-10(11(9)13)18(16,17)15-7-8-3-2-6-14-8/h1,4-5,8,14-15H,2-3,6-7H2/t8-/m1/s1. The van der Waals surface area contributed by atoms with Crippen molar-refractivity contribution in [1.82, 2.24) is 10.0 Å². The summed E-state index contributed by atoms with van der Waals surface area (Å²) < 4.78 is 39.9. The van der Waals surface area contributed by atoms with Crippen LogP contribution in [0.25, 0.3) is 0 Å². The third-order valence-electron chi connectivity index (χ3n) is 2.89. The van der Waals surface area contributed by atoms with Gasteiger partial charge >= 0.3 is 0 Å². The summed E-state index contributed by atoms with van der Waals surface area (Å²) in [6.45, 7) is 1.15. The SMILES string of the molecule is O=S(=O)(NC[C@H]1CCCN1)c1cccc(Cl)c1F. The van der Waals surface area contributed by atoms with E-state index in [1.54, 1.807) is 0 Å². The van der Waals surface area contributed by atoms with Gasteiger partial charge < -0.3 is 5.32 Å². The Bertz CT molecular complexity index is 530. The van der Waals surface area contributed by atoms with Crippen LogP contribution in [0, 0.1) is 5.82 Å². The average molecular weight is 293 g/mol. The van der Waals surface area contributed by atoms with E-state index in [2.05, 4.69) is 10.0 Å². The van der Waals surface area contributed by atoms with Gasteiger partial charge in [-0.05, 0) is 31.5 Å². The maximum absolute atomic E-state index is 13.6.